The molecule has 4 bridgehead atoms. The lowest BCUT2D eigenvalue weighted by atomic mass is 9.82. The van der Waals surface area contributed by atoms with Crippen molar-refractivity contribution in [2.24, 2.45) is 11.8 Å². The van der Waals surface area contributed by atoms with Crippen molar-refractivity contribution in [3.63, 3.8) is 0 Å². The summed E-state index contributed by atoms with van der Waals surface area (Å²) in [5.74, 6) is -3.98. The summed E-state index contributed by atoms with van der Waals surface area (Å²) in [7, 11) is 1.46. The summed E-state index contributed by atoms with van der Waals surface area (Å²) in [5.41, 5.74) is -0.147. The van der Waals surface area contributed by atoms with Crippen LogP contribution in [0, 0.1) is 11.8 Å². The van der Waals surface area contributed by atoms with Gasteiger partial charge in [-0.1, -0.05) is 39.2 Å². The molecule has 0 aromatic heterocycles. The van der Waals surface area contributed by atoms with E-state index >= 15 is 0 Å². The molecule has 38 heavy (non-hydrogen) atoms. The van der Waals surface area contributed by atoms with Gasteiger partial charge in [0.1, 0.15) is 11.9 Å². The van der Waals surface area contributed by atoms with Gasteiger partial charge in [0.25, 0.3) is 0 Å². The van der Waals surface area contributed by atoms with Crippen LogP contribution in [0.1, 0.15) is 103 Å². The van der Waals surface area contributed by atoms with Crippen LogP contribution in [0.15, 0.2) is 35.6 Å². The Kier molecular flexibility index (Phi) is 9.91. The van der Waals surface area contributed by atoms with Crippen LogP contribution in [-0.4, -0.2) is 47.4 Å². The van der Waals surface area contributed by atoms with Crippen molar-refractivity contribution in [2.45, 2.75) is 78.2 Å². The van der Waals surface area contributed by atoms with Gasteiger partial charge in [0.05, 0.1) is 17.2 Å². The van der Waals surface area contributed by atoms with Crippen LogP contribution in [-0.2, 0) is 14.3 Å². The summed E-state index contributed by atoms with van der Waals surface area (Å²) in [4.78, 5) is 66.6. The molecule has 0 saturated heterocycles. The van der Waals surface area contributed by atoms with Crippen molar-refractivity contribution < 1.29 is 33.8 Å². The number of phenolic OH excluding ortho intramolecular Hbond substituents is 1. The molecule has 0 fully saturated rings. The van der Waals surface area contributed by atoms with E-state index in [9.17, 15) is 29.1 Å². The third-order valence-electron chi connectivity index (χ3n) is 7.45. The zero-order valence-electron chi connectivity index (χ0n) is 22.6. The number of amides is 1. The first-order chi connectivity index (χ1) is 18.1. The molecule has 1 aliphatic carbocycles. The molecule has 3 unspecified atom stereocenters. The number of carbonyl (C=O) groups excluding carboxylic acids is 5. The summed E-state index contributed by atoms with van der Waals surface area (Å²) >= 11 is 0. The van der Waals surface area contributed by atoms with Gasteiger partial charge in [0.15, 0.2) is 17.3 Å². The zero-order chi connectivity index (χ0) is 28.0. The molecule has 0 spiro atoms. The van der Waals surface area contributed by atoms with Gasteiger partial charge >= 0.3 is 0 Å². The number of methoxy groups -OCH3 is 1. The first kappa shape index (κ1) is 29.2. The van der Waals surface area contributed by atoms with Gasteiger partial charge in [-0.25, -0.2) is 0 Å². The van der Waals surface area contributed by atoms with E-state index in [1.165, 1.54) is 19.2 Å². The number of rotatable bonds is 6. The number of hydrogen-bond acceptors (Lipinski definition) is 7. The summed E-state index contributed by atoms with van der Waals surface area (Å²) < 4.78 is 5.47. The second-order valence-corrected chi connectivity index (χ2v) is 10.1. The standard InChI is InChI=1S/C30H37NO7/c1-5-7-8-10-19-15-17(3)27(34)24(38-4)12-9-11-18(6-2)28(35)26-22(32)14-13-20-25(26)23(33)16-21(29(20)36)31-30(19)37/h13-16,18-19,24,32H,5-12H2,1-4H3,(H,31,37). The Morgan fingerprint density at radius 2 is 1.74 bits per heavy atom. The highest BCUT2D eigenvalue weighted by molar-refractivity contribution is 6.28. The molecular formula is C30H37NO7. The quantitative estimate of drug-likeness (QED) is 0.508. The van der Waals surface area contributed by atoms with Crippen molar-refractivity contribution in [1.82, 2.24) is 5.32 Å². The molecule has 204 valence electrons. The van der Waals surface area contributed by atoms with E-state index in [1.807, 2.05) is 13.8 Å². The van der Waals surface area contributed by atoms with Crippen LogP contribution in [0.25, 0.3) is 0 Å². The highest BCUT2D eigenvalue weighted by Gasteiger charge is 2.35. The van der Waals surface area contributed by atoms with E-state index in [0.29, 0.717) is 37.7 Å². The van der Waals surface area contributed by atoms with E-state index in [2.05, 4.69) is 5.32 Å². The number of Topliss-reactive ketones (excluding diaryl/α,β-unsaturated/α-hetero) is 3. The first-order valence-electron chi connectivity index (χ1n) is 13.4. The fourth-order valence-electron chi connectivity index (χ4n) is 5.19. The number of phenols is 1. The number of ether oxygens (including phenoxy) is 1. The van der Waals surface area contributed by atoms with Gasteiger partial charge in [0.2, 0.25) is 11.7 Å². The Bertz CT molecular complexity index is 1190. The minimum atomic E-state index is -0.726. The number of ketones is 4. The van der Waals surface area contributed by atoms with Gasteiger partial charge in [0, 0.05) is 30.2 Å². The van der Waals surface area contributed by atoms with Crippen molar-refractivity contribution in [1.29, 1.82) is 0 Å². The van der Waals surface area contributed by atoms with Gasteiger partial charge in [-0.2, -0.15) is 0 Å². The Morgan fingerprint density at radius 1 is 1.00 bits per heavy atom. The molecular weight excluding hydrogens is 486 g/mol. The average Bonchev–Trinajstić information content (AvgIpc) is 2.89. The third-order valence-corrected chi connectivity index (χ3v) is 7.45. The number of nitrogens with one attached hydrogen (secondary N) is 1. The Labute approximate surface area is 223 Å². The maximum atomic E-state index is 13.5. The maximum absolute atomic E-state index is 13.5. The Hall–Kier alpha value is -3.39. The summed E-state index contributed by atoms with van der Waals surface area (Å²) in [6.45, 7) is 5.53. The largest absolute Gasteiger partial charge is 0.507 e. The molecule has 0 radical (unpaired) electrons. The van der Waals surface area contributed by atoms with Crippen molar-refractivity contribution in [2.75, 3.05) is 7.11 Å². The highest BCUT2D eigenvalue weighted by atomic mass is 16.5. The highest BCUT2D eigenvalue weighted by Crippen LogP contribution is 2.34. The number of carbonyl (C=O) groups is 5. The molecule has 3 atom stereocenters. The van der Waals surface area contributed by atoms with Crippen LogP contribution >= 0.6 is 0 Å². The van der Waals surface area contributed by atoms with Crippen molar-refractivity contribution >= 4 is 29.0 Å². The number of hydrogen-bond donors (Lipinski definition) is 2. The molecule has 0 saturated carbocycles. The van der Waals surface area contributed by atoms with Crippen LogP contribution in [0.5, 0.6) is 5.75 Å². The van der Waals surface area contributed by atoms with E-state index in [4.69, 9.17) is 4.74 Å². The second-order valence-electron chi connectivity index (χ2n) is 10.1. The maximum Gasteiger partial charge on any atom is 0.231 e. The van der Waals surface area contributed by atoms with Gasteiger partial charge < -0.3 is 15.2 Å². The normalized spacial score (nSPS) is 23.2. The topological polar surface area (TPSA) is 127 Å². The minimum Gasteiger partial charge on any atom is -0.507 e. The van der Waals surface area contributed by atoms with E-state index in [0.717, 1.165) is 25.3 Å². The first-order valence-corrected chi connectivity index (χ1v) is 13.4. The lowest BCUT2D eigenvalue weighted by molar-refractivity contribution is -0.125. The van der Waals surface area contributed by atoms with Crippen LogP contribution in [0.4, 0.5) is 0 Å². The predicted octanol–water partition coefficient (Wildman–Crippen LogP) is 4.89. The molecule has 2 aliphatic heterocycles. The predicted molar refractivity (Wildman–Crippen MR) is 142 cm³/mol. The van der Waals surface area contributed by atoms with Crippen molar-refractivity contribution in [3.05, 3.63) is 52.2 Å². The molecule has 2 N–H and O–H groups in total. The molecule has 8 nitrogen and oxygen atoms in total. The summed E-state index contributed by atoms with van der Waals surface area (Å²) in [6, 6.07) is 2.54. The third kappa shape index (κ3) is 6.18. The summed E-state index contributed by atoms with van der Waals surface area (Å²) in [5, 5.41) is 13.2. The molecule has 8 heteroatoms. The zero-order valence-corrected chi connectivity index (χ0v) is 22.6. The number of unbranched alkanes of at least 4 members (excludes halogenated alkanes) is 2. The molecule has 2 heterocycles. The molecule has 1 aromatic rings. The van der Waals surface area contributed by atoms with E-state index in [-0.39, 0.29) is 33.9 Å². The fourth-order valence-corrected chi connectivity index (χ4v) is 5.19. The number of allylic oxidation sites excluding steroid dienone is 2. The van der Waals surface area contributed by atoms with Gasteiger partial charge in [-0.15, -0.1) is 0 Å². The molecule has 1 amide bonds. The Morgan fingerprint density at radius 3 is 2.39 bits per heavy atom. The fraction of sp³-hybridized carbons (Fsp3) is 0.500. The van der Waals surface area contributed by atoms with Crippen molar-refractivity contribution in [3.8, 4) is 5.75 Å². The smallest absolute Gasteiger partial charge is 0.231 e. The van der Waals surface area contributed by atoms with Crippen LogP contribution < -0.4 is 5.32 Å². The van der Waals surface area contributed by atoms with Crippen LogP contribution in [0.3, 0.4) is 0 Å². The number of aromatic hydroxyl groups is 1. The van der Waals surface area contributed by atoms with E-state index in [1.54, 1.807) is 13.0 Å². The lowest BCUT2D eigenvalue weighted by Gasteiger charge is -2.22. The average molecular weight is 524 g/mol. The van der Waals surface area contributed by atoms with Gasteiger partial charge in [-0.05, 0) is 56.7 Å². The molecule has 3 aliphatic rings. The monoisotopic (exact) mass is 523 g/mol. The summed E-state index contributed by atoms with van der Waals surface area (Å²) in [6.07, 6.45) is 6.71. The SMILES string of the molecule is CCCCCC1C=C(C)C(=O)C(OC)CCCC(CC)C(=O)c2c(O)ccc3c2C(=O)C=C(NC1=O)C3=O. The lowest BCUT2D eigenvalue weighted by Crippen LogP contribution is -2.36. The van der Waals surface area contributed by atoms with E-state index < -0.39 is 41.2 Å². The van der Waals surface area contributed by atoms with Gasteiger partial charge in [-0.3, -0.25) is 24.0 Å². The second kappa shape index (κ2) is 12.9. The molecule has 1 aromatic carbocycles. The Balaban J connectivity index is 2.12. The van der Waals surface area contributed by atoms with Crippen LogP contribution in [0.2, 0.25) is 0 Å². The molecule has 4 rings (SSSR count). The number of benzene rings is 1. The number of fused-ring (bicyclic) bond motifs is 11. The minimum absolute atomic E-state index is 0.0306.